The molecule has 0 fully saturated rings. The van der Waals surface area contributed by atoms with E-state index in [2.05, 4.69) is 108 Å². The van der Waals surface area contributed by atoms with Crippen molar-refractivity contribution in [3.63, 3.8) is 0 Å². The number of rotatable bonds is 4. The molecule has 0 saturated heterocycles. The van der Waals surface area contributed by atoms with Crippen molar-refractivity contribution in [2.75, 3.05) is 0 Å². The molecule has 0 aliphatic heterocycles. The van der Waals surface area contributed by atoms with Crippen molar-refractivity contribution in [2.45, 2.75) is 85.5 Å². The van der Waals surface area contributed by atoms with E-state index in [0.717, 1.165) is 12.1 Å². The third-order valence-corrected chi connectivity index (χ3v) is 9.18. The summed E-state index contributed by atoms with van der Waals surface area (Å²) in [5.74, 6) is 0.712. The van der Waals surface area contributed by atoms with Gasteiger partial charge in [-0.1, -0.05) is 79.7 Å². The van der Waals surface area contributed by atoms with Gasteiger partial charge < -0.3 is 0 Å². The summed E-state index contributed by atoms with van der Waals surface area (Å²) in [5, 5.41) is 5.83. The fraction of sp³-hybridized carbons (Fsp3) is 0.455. The van der Waals surface area contributed by atoms with Crippen molar-refractivity contribution in [1.29, 1.82) is 0 Å². The summed E-state index contributed by atoms with van der Waals surface area (Å²) in [4.78, 5) is 9.58. The zero-order valence-electron chi connectivity index (χ0n) is 23.2. The molecule has 2 nitrogen and oxygen atoms in total. The van der Waals surface area contributed by atoms with Gasteiger partial charge in [0.1, 0.15) is 0 Å². The number of benzene rings is 2. The van der Waals surface area contributed by atoms with Crippen molar-refractivity contribution in [3.05, 3.63) is 81.4 Å². The highest BCUT2D eigenvalue weighted by Crippen LogP contribution is 2.41. The molecule has 2 aromatic carbocycles. The van der Waals surface area contributed by atoms with Gasteiger partial charge in [0.2, 0.25) is 0 Å². The van der Waals surface area contributed by atoms with Crippen LogP contribution < -0.4 is 0 Å². The molecule has 0 amide bonds. The van der Waals surface area contributed by atoms with Gasteiger partial charge in [0.15, 0.2) is 0 Å². The van der Waals surface area contributed by atoms with Gasteiger partial charge in [-0.3, -0.25) is 4.98 Å². The van der Waals surface area contributed by atoms with E-state index in [0.29, 0.717) is 11.3 Å². The van der Waals surface area contributed by atoms with Crippen molar-refractivity contribution in [1.82, 2.24) is 9.97 Å². The summed E-state index contributed by atoms with van der Waals surface area (Å²) in [6.07, 6.45) is 7.32. The number of fused-ring (bicyclic) bond motifs is 2. The molecule has 1 aliphatic rings. The second kappa shape index (κ2) is 8.80. The van der Waals surface area contributed by atoms with E-state index in [4.69, 9.17) is 4.98 Å². The van der Waals surface area contributed by atoms with E-state index in [9.17, 15) is 0 Å². The highest BCUT2D eigenvalue weighted by Gasteiger charge is 2.32. The van der Waals surface area contributed by atoms with Crippen LogP contribution in [0.3, 0.4) is 0 Å². The summed E-state index contributed by atoms with van der Waals surface area (Å²) >= 11 is 1.76. The van der Waals surface area contributed by atoms with E-state index in [1.54, 1.807) is 11.3 Å². The second-order valence-corrected chi connectivity index (χ2v) is 14.4. The SMILES string of the molecule is CC(C)(C)c1c(CC(C)(C)c2nccs2)ccc2cnc(-c3ccc4c(c3)CC(C(C)(C)C)C4)cc12. The van der Waals surface area contributed by atoms with Gasteiger partial charge in [-0.25, -0.2) is 4.98 Å². The Morgan fingerprint density at radius 3 is 2.28 bits per heavy atom. The summed E-state index contributed by atoms with van der Waals surface area (Å²) in [5.41, 5.74) is 8.52. The molecule has 5 rings (SSSR count). The van der Waals surface area contributed by atoms with Gasteiger partial charge in [0.25, 0.3) is 0 Å². The summed E-state index contributed by atoms with van der Waals surface area (Å²) in [7, 11) is 0. The van der Waals surface area contributed by atoms with E-state index in [1.165, 1.54) is 56.4 Å². The Balaban J connectivity index is 1.58. The predicted octanol–water partition coefficient (Wildman–Crippen LogP) is 8.94. The molecule has 1 aliphatic carbocycles. The van der Waals surface area contributed by atoms with Crippen LogP contribution in [0.15, 0.2) is 54.2 Å². The topological polar surface area (TPSA) is 25.8 Å². The van der Waals surface area contributed by atoms with Crippen LogP contribution in [0, 0.1) is 11.3 Å². The van der Waals surface area contributed by atoms with Gasteiger partial charge in [-0.2, -0.15) is 0 Å². The molecule has 0 N–H and O–H groups in total. The van der Waals surface area contributed by atoms with Crippen LogP contribution in [0.4, 0.5) is 0 Å². The first-order valence-corrected chi connectivity index (χ1v) is 14.2. The van der Waals surface area contributed by atoms with E-state index in [-0.39, 0.29) is 10.8 Å². The Bertz CT molecular complexity index is 1400. The molecule has 3 heteroatoms. The molecule has 2 aromatic heterocycles. The van der Waals surface area contributed by atoms with E-state index in [1.807, 2.05) is 6.20 Å². The lowest BCUT2D eigenvalue weighted by Crippen LogP contribution is -2.24. The van der Waals surface area contributed by atoms with Crippen LogP contribution in [0.5, 0.6) is 0 Å². The monoisotopic (exact) mass is 496 g/mol. The standard InChI is InChI=1S/C33H40N2S/c1-31(2,3)26-16-21-9-10-22(15-25(21)17-26)28-18-27-24(20-35-28)12-11-23(29(27)32(4,5)6)19-33(7,8)30-34-13-14-36-30/h9-15,18,20,26H,16-17,19H2,1-8H3. The molecule has 188 valence electrons. The Hall–Kier alpha value is -2.52. The van der Waals surface area contributed by atoms with Crippen LogP contribution in [-0.2, 0) is 30.1 Å². The smallest absolute Gasteiger partial charge is 0.0984 e. The zero-order valence-corrected chi connectivity index (χ0v) is 24.0. The van der Waals surface area contributed by atoms with Crippen molar-refractivity contribution in [3.8, 4) is 11.3 Å². The van der Waals surface area contributed by atoms with Crippen molar-refractivity contribution in [2.24, 2.45) is 11.3 Å². The minimum Gasteiger partial charge on any atom is -0.256 e. The lowest BCUT2D eigenvalue weighted by atomic mass is 9.76. The highest BCUT2D eigenvalue weighted by molar-refractivity contribution is 7.09. The first-order valence-electron chi connectivity index (χ1n) is 13.3. The summed E-state index contributed by atoms with van der Waals surface area (Å²) < 4.78 is 0. The third-order valence-electron chi connectivity index (χ3n) is 8.04. The van der Waals surface area contributed by atoms with E-state index < -0.39 is 0 Å². The summed E-state index contributed by atoms with van der Waals surface area (Å²) in [6.45, 7) is 18.8. The normalized spacial score (nSPS) is 16.5. The molecule has 0 spiro atoms. The largest absolute Gasteiger partial charge is 0.256 e. The van der Waals surface area contributed by atoms with Gasteiger partial charge in [0.05, 0.1) is 10.7 Å². The number of aromatic nitrogens is 2. The minimum atomic E-state index is -0.0126. The molecule has 1 unspecified atom stereocenters. The Morgan fingerprint density at radius 1 is 0.861 bits per heavy atom. The van der Waals surface area contributed by atoms with Crippen LogP contribution in [0.2, 0.25) is 0 Å². The maximum atomic E-state index is 4.93. The molecule has 36 heavy (non-hydrogen) atoms. The lowest BCUT2D eigenvalue weighted by molar-refractivity contribution is 0.251. The lowest BCUT2D eigenvalue weighted by Gasteiger charge is -2.29. The molecule has 4 aromatic rings. The summed E-state index contributed by atoms with van der Waals surface area (Å²) in [6, 6.07) is 14.0. The molecule has 0 saturated carbocycles. The zero-order chi connectivity index (χ0) is 25.9. The Morgan fingerprint density at radius 2 is 1.61 bits per heavy atom. The fourth-order valence-corrected chi connectivity index (χ4v) is 6.72. The second-order valence-electron chi connectivity index (χ2n) is 13.5. The first kappa shape index (κ1) is 25.1. The fourth-order valence-electron chi connectivity index (χ4n) is 5.95. The van der Waals surface area contributed by atoms with E-state index >= 15 is 0 Å². The predicted molar refractivity (Wildman–Crippen MR) is 155 cm³/mol. The Kier molecular flexibility index (Phi) is 6.15. The number of thiazole rings is 1. The first-order chi connectivity index (χ1) is 16.8. The molecule has 2 heterocycles. The number of hydrogen-bond donors (Lipinski definition) is 0. The number of pyridine rings is 1. The van der Waals surface area contributed by atoms with Crippen LogP contribution in [0.1, 0.15) is 82.7 Å². The average Bonchev–Trinajstić information content (AvgIpc) is 3.47. The molecular formula is C33H40N2S. The van der Waals surface area contributed by atoms with Crippen LogP contribution >= 0.6 is 11.3 Å². The van der Waals surface area contributed by atoms with Crippen molar-refractivity contribution < 1.29 is 0 Å². The molecule has 0 radical (unpaired) electrons. The van der Waals surface area contributed by atoms with Gasteiger partial charge in [-0.15, -0.1) is 11.3 Å². The van der Waals surface area contributed by atoms with Crippen LogP contribution in [0.25, 0.3) is 22.0 Å². The minimum absolute atomic E-state index is 0.0126. The average molecular weight is 497 g/mol. The maximum Gasteiger partial charge on any atom is 0.0984 e. The molecule has 1 atom stereocenters. The van der Waals surface area contributed by atoms with Gasteiger partial charge >= 0.3 is 0 Å². The van der Waals surface area contributed by atoms with Crippen LogP contribution in [-0.4, -0.2) is 9.97 Å². The number of hydrogen-bond acceptors (Lipinski definition) is 3. The quantitative estimate of drug-likeness (QED) is 0.282. The van der Waals surface area contributed by atoms with Gasteiger partial charge in [0, 0.05) is 34.1 Å². The third kappa shape index (κ3) is 4.75. The van der Waals surface area contributed by atoms with Gasteiger partial charge in [-0.05, 0) is 75.8 Å². The van der Waals surface area contributed by atoms with Crippen molar-refractivity contribution >= 4 is 22.1 Å². The number of nitrogens with zero attached hydrogens (tertiary/aromatic N) is 2. The maximum absolute atomic E-state index is 4.93. The molecular weight excluding hydrogens is 456 g/mol. The highest BCUT2D eigenvalue weighted by atomic mass is 32.1. The molecule has 0 bridgehead atoms. The Labute approximate surface area is 221 Å².